The Morgan fingerprint density at radius 3 is 2.59 bits per heavy atom. The number of benzene rings is 1. The first-order chi connectivity index (χ1) is 8.20. The molecule has 94 valence electrons. The van der Waals surface area contributed by atoms with Crippen molar-refractivity contribution in [2.75, 3.05) is 19.6 Å². The van der Waals surface area contributed by atoms with Gasteiger partial charge < -0.3 is 10.6 Å². The number of hydrogen-bond acceptors (Lipinski definition) is 2. The molecule has 0 radical (unpaired) electrons. The first-order valence-electron chi connectivity index (χ1n) is 6.20. The van der Waals surface area contributed by atoms with Crippen LogP contribution in [0.4, 0.5) is 0 Å². The van der Waals surface area contributed by atoms with Gasteiger partial charge in [-0.1, -0.05) is 37.3 Å². The highest BCUT2D eigenvalue weighted by Gasteiger charge is 2.03. The molecule has 0 saturated heterocycles. The van der Waals surface area contributed by atoms with E-state index in [1.54, 1.807) is 6.92 Å². The molecule has 0 fully saturated rings. The quantitative estimate of drug-likeness (QED) is 0.708. The van der Waals surface area contributed by atoms with Crippen molar-refractivity contribution >= 4 is 5.91 Å². The van der Waals surface area contributed by atoms with E-state index in [1.165, 1.54) is 5.56 Å². The van der Waals surface area contributed by atoms with Gasteiger partial charge in [0.25, 0.3) is 0 Å². The lowest BCUT2D eigenvalue weighted by Gasteiger charge is -2.12. The predicted octanol–water partition coefficient (Wildman–Crippen LogP) is 1.91. The number of amides is 1. The fourth-order valence-corrected chi connectivity index (χ4v) is 1.70. The Morgan fingerprint density at radius 1 is 1.24 bits per heavy atom. The molecule has 0 bridgehead atoms. The lowest BCUT2D eigenvalue weighted by atomic mass is 10.0. The maximum Gasteiger partial charge on any atom is 0.216 e. The summed E-state index contributed by atoms with van der Waals surface area (Å²) in [5, 5.41) is 6.19. The summed E-state index contributed by atoms with van der Waals surface area (Å²) >= 11 is 0. The summed E-state index contributed by atoms with van der Waals surface area (Å²) in [5.74, 6) is 0.569. The van der Waals surface area contributed by atoms with Gasteiger partial charge in [-0.25, -0.2) is 0 Å². The van der Waals surface area contributed by atoms with E-state index in [1.807, 2.05) is 6.07 Å². The first-order valence-corrected chi connectivity index (χ1v) is 6.20. The van der Waals surface area contributed by atoms with Gasteiger partial charge in [-0.3, -0.25) is 4.79 Å². The lowest BCUT2D eigenvalue weighted by Crippen LogP contribution is -2.26. The Balaban J connectivity index is 2.09. The van der Waals surface area contributed by atoms with Crippen LogP contribution >= 0.6 is 0 Å². The Labute approximate surface area is 104 Å². The summed E-state index contributed by atoms with van der Waals surface area (Å²) in [7, 11) is 0. The summed E-state index contributed by atoms with van der Waals surface area (Å²) in [5.41, 5.74) is 1.36. The predicted molar refractivity (Wildman–Crippen MR) is 71.0 cm³/mol. The van der Waals surface area contributed by atoms with Gasteiger partial charge in [0, 0.05) is 20.0 Å². The molecular formula is C14H22N2O. The summed E-state index contributed by atoms with van der Waals surface area (Å²) < 4.78 is 0. The summed E-state index contributed by atoms with van der Waals surface area (Å²) in [6, 6.07) is 10.5. The van der Waals surface area contributed by atoms with E-state index >= 15 is 0 Å². The van der Waals surface area contributed by atoms with Crippen LogP contribution in [0.3, 0.4) is 0 Å². The van der Waals surface area contributed by atoms with Crippen molar-refractivity contribution in [2.45, 2.75) is 26.2 Å². The van der Waals surface area contributed by atoms with Crippen molar-refractivity contribution in [1.82, 2.24) is 10.6 Å². The maximum atomic E-state index is 10.6. The molecule has 0 spiro atoms. The molecular weight excluding hydrogens is 212 g/mol. The van der Waals surface area contributed by atoms with E-state index in [2.05, 4.69) is 41.8 Å². The van der Waals surface area contributed by atoms with Crippen molar-refractivity contribution in [2.24, 2.45) is 0 Å². The van der Waals surface area contributed by atoms with Crippen LogP contribution in [0, 0.1) is 0 Å². The molecule has 1 atom stereocenters. The normalized spacial score (nSPS) is 12.1. The van der Waals surface area contributed by atoms with Gasteiger partial charge >= 0.3 is 0 Å². The van der Waals surface area contributed by atoms with Gasteiger partial charge in [-0.05, 0) is 24.4 Å². The number of rotatable bonds is 7. The van der Waals surface area contributed by atoms with Crippen molar-refractivity contribution in [3.63, 3.8) is 0 Å². The van der Waals surface area contributed by atoms with Crippen LogP contribution in [0.15, 0.2) is 30.3 Å². The minimum absolute atomic E-state index is 0.0441. The third kappa shape index (κ3) is 6.07. The monoisotopic (exact) mass is 234 g/mol. The zero-order valence-electron chi connectivity index (χ0n) is 10.7. The Morgan fingerprint density at radius 2 is 1.94 bits per heavy atom. The minimum Gasteiger partial charge on any atom is -0.356 e. The van der Waals surface area contributed by atoms with Crippen LogP contribution in [0.1, 0.15) is 31.7 Å². The molecule has 0 heterocycles. The average Bonchev–Trinajstić information content (AvgIpc) is 2.34. The average molecular weight is 234 g/mol. The van der Waals surface area contributed by atoms with Crippen molar-refractivity contribution in [1.29, 1.82) is 0 Å². The van der Waals surface area contributed by atoms with Gasteiger partial charge in [0.05, 0.1) is 0 Å². The van der Waals surface area contributed by atoms with Gasteiger partial charge in [-0.15, -0.1) is 0 Å². The Bertz CT molecular complexity index is 324. The molecule has 1 rings (SSSR count). The second kappa shape index (κ2) is 7.85. The molecule has 0 aromatic heterocycles. The topological polar surface area (TPSA) is 41.1 Å². The molecule has 2 N–H and O–H groups in total. The van der Waals surface area contributed by atoms with Crippen LogP contribution in [-0.4, -0.2) is 25.5 Å². The molecule has 0 aliphatic heterocycles. The molecule has 17 heavy (non-hydrogen) atoms. The molecule has 1 unspecified atom stereocenters. The number of nitrogens with one attached hydrogen (secondary N) is 2. The van der Waals surface area contributed by atoms with Crippen LogP contribution in [0.2, 0.25) is 0 Å². The maximum absolute atomic E-state index is 10.6. The third-order valence-electron chi connectivity index (χ3n) is 2.72. The van der Waals surface area contributed by atoms with E-state index < -0.39 is 0 Å². The fraction of sp³-hybridized carbons (Fsp3) is 0.500. The van der Waals surface area contributed by atoms with Crippen molar-refractivity contribution in [3.8, 4) is 0 Å². The fourth-order valence-electron chi connectivity index (χ4n) is 1.70. The van der Waals surface area contributed by atoms with E-state index in [0.717, 1.165) is 26.1 Å². The first kappa shape index (κ1) is 13.7. The molecule has 1 aromatic carbocycles. The van der Waals surface area contributed by atoms with Crippen LogP contribution in [-0.2, 0) is 4.79 Å². The van der Waals surface area contributed by atoms with Gasteiger partial charge in [0.2, 0.25) is 5.91 Å². The summed E-state index contributed by atoms with van der Waals surface area (Å²) in [6.07, 6.45) is 0.973. The summed E-state index contributed by atoms with van der Waals surface area (Å²) in [4.78, 5) is 10.6. The van der Waals surface area contributed by atoms with Gasteiger partial charge in [0.1, 0.15) is 0 Å². The lowest BCUT2D eigenvalue weighted by molar-refractivity contribution is -0.118. The molecule has 1 amide bonds. The highest BCUT2D eigenvalue weighted by molar-refractivity contribution is 5.72. The van der Waals surface area contributed by atoms with Crippen molar-refractivity contribution < 1.29 is 4.79 Å². The SMILES string of the molecule is CC(=O)NCCCNCC(C)c1ccccc1. The standard InChI is InChI=1S/C14H22N2O/c1-12(14-7-4-3-5-8-14)11-15-9-6-10-16-13(2)17/h3-5,7-8,12,15H,6,9-11H2,1-2H3,(H,16,17). The highest BCUT2D eigenvalue weighted by Crippen LogP contribution is 2.12. The number of carbonyl (C=O) groups excluding carboxylic acids is 1. The largest absolute Gasteiger partial charge is 0.356 e. The zero-order valence-corrected chi connectivity index (χ0v) is 10.7. The van der Waals surface area contributed by atoms with Crippen molar-refractivity contribution in [3.05, 3.63) is 35.9 Å². The van der Waals surface area contributed by atoms with E-state index in [-0.39, 0.29) is 5.91 Å². The van der Waals surface area contributed by atoms with E-state index in [9.17, 15) is 4.79 Å². The second-order valence-corrected chi connectivity index (χ2v) is 4.35. The molecule has 0 aliphatic carbocycles. The number of hydrogen-bond donors (Lipinski definition) is 2. The Kier molecular flexibility index (Phi) is 6.33. The van der Waals surface area contributed by atoms with E-state index in [0.29, 0.717) is 5.92 Å². The Hall–Kier alpha value is -1.35. The van der Waals surface area contributed by atoms with Gasteiger partial charge in [-0.2, -0.15) is 0 Å². The minimum atomic E-state index is 0.0441. The van der Waals surface area contributed by atoms with Gasteiger partial charge in [0.15, 0.2) is 0 Å². The third-order valence-corrected chi connectivity index (χ3v) is 2.72. The molecule has 3 heteroatoms. The molecule has 1 aromatic rings. The highest BCUT2D eigenvalue weighted by atomic mass is 16.1. The summed E-state index contributed by atoms with van der Waals surface area (Å²) in [6.45, 7) is 6.44. The van der Waals surface area contributed by atoms with Crippen LogP contribution in [0.25, 0.3) is 0 Å². The smallest absolute Gasteiger partial charge is 0.216 e. The molecule has 0 aliphatic rings. The van der Waals surface area contributed by atoms with E-state index in [4.69, 9.17) is 0 Å². The zero-order chi connectivity index (χ0) is 12.5. The van der Waals surface area contributed by atoms with Crippen LogP contribution < -0.4 is 10.6 Å². The molecule has 0 saturated carbocycles. The number of carbonyl (C=O) groups is 1. The van der Waals surface area contributed by atoms with Crippen LogP contribution in [0.5, 0.6) is 0 Å². The second-order valence-electron chi connectivity index (χ2n) is 4.35. The molecule has 3 nitrogen and oxygen atoms in total.